The molecule has 0 saturated carbocycles. The Labute approximate surface area is 160 Å². The summed E-state index contributed by atoms with van der Waals surface area (Å²) in [4.78, 5) is 15.2. The van der Waals surface area contributed by atoms with Gasteiger partial charge in [0.15, 0.2) is 0 Å². The van der Waals surface area contributed by atoms with E-state index in [1.807, 2.05) is 42.5 Å². The smallest absolute Gasteiger partial charge is 0.270 e. The molecule has 2 aromatic carbocycles. The normalized spacial score (nSPS) is 22.2. The highest BCUT2D eigenvalue weighted by molar-refractivity contribution is 6.45. The van der Waals surface area contributed by atoms with Gasteiger partial charge in [-0.3, -0.25) is 15.1 Å². The first kappa shape index (κ1) is 17.7. The second-order valence-corrected chi connectivity index (χ2v) is 7.58. The Bertz CT molecular complexity index is 849. The van der Waals surface area contributed by atoms with Crippen LogP contribution >= 0.6 is 0 Å². The van der Waals surface area contributed by atoms with Gasteiger partial charge in [0.25, 0.3) is 5.91 Å². The number of carbonyl (C=O) groups is 1. The molecule has 4 N–H and O–H groups in total. The second kappa shape index (κ2) is 7.53. The Hall–Kier alpha value is -2.66. The largest absolute Gasteiger partial charge is 0.398 e. The molecule has 0 bridgehead atoms. The lowest BCUT2D eigenvalue weighted by Gasteiger charge is -2.40. The van der Waals surface area contributed by atoms with Crippen molar-refractivity contribution in [1.29, 1.82) is 5.41 Å². The number of rotatable bonds is 4. The molecule has 1 unspecified atom stereocenters. The van der Waals surface area contributed by atoms with E-state index in [4.69, 9.17) is 11.1 Å². The van der Waals surface area contributed by atoms with Gasteiger partial charge in [-0.05, 0) is 55.5 Å². The molecule has 0 aromatic heterocycles. The standard InChI is InChI=1S/C22H26N4O/c23-20-10-9-16(15-5-2-1-3-6-15)13-19(20)21(24)22(27)25-17-7-4-8-18-11-12-26(18)14-17/h1-3,5-6,9-10,13,17-18,24H,4,7-8,11-12,14,23H2,(H,25,27)/t17-,18?/m0/s1. The molecule has 2 heterocycles. The summed E-state index contributed by atoms with van der Waals surface area (Å²) in [7, 11) is 0. The van der Waals surface area contributed by atoms with Crippen LogP contribution < -0.4 is 11.1 Å². The van der Waals surface area contributed by atoms with Crippen LogP contribution in [0.15, 0.2) is 48.5 Å². The molecular weight excluding hydrogens is 336 g/mol. The first-order valence-corrected chi connectivity index (χ1v) is 9.70. The molecule has 2 aliphatic rings. The number of nitrogen functional groups attached to an aromatic ring is 1. The molecule has 5 nitrogen and oxygen atoms in total. The summed E-state index contributed by atoms with van der Waals surface area (Å²) in [5.41, 5.74) is 8.97. The Morgan fingerprint density at radius 3 is 2.63 bits per heavy atom. The zero-order valence-electron chi connectivity index (χ0n) is 15.4. The summed E-state index contributed by atoms with van der Waals surface area (Å²) in [6, 6.07) is 16.3. The van der Waals surface area contributed by atoms with Crippen molar-refractivity contribution >= 4 is 17.3 Å². The third-order valence-corrected chi connectivity index (χ3v) is 5.80. The first-order valence-electron chi connectivity index (χ1n) is 9.70. The van der Waals surface area contributed by atoms with E-state index >= 15 is 0 Å². The van der Waals surface area contributed by atoms with Crippen molar-refractivity contribution in [3.63, 3.8) is 0 Å². The third kappa shape index (κ3) is 3.74. The molecule has 27 heavy (non-hydrogen) atoms. The van der Waals surface area contributed by atoms with E-state index in [9.17, 15) is 4.79 Å². The molecule has 2 aliphatic heterocycles. The zero-order valence-corrected chi connectivity index (χ0v) is 15.4. The van der Waals surface area contributed by atoms with Gasteiger partial charge in [0.2, 0.25) is 0 Å². The van der Waals surface area contributed by atoms with Crippen LogP contribution in [-0.2, 0) is 4.79 Å². The van der Waals surface area contributed by atoms with Gasteiger partial charge in [0.05, 0.1) is 0 Å². The summed E-state index contributed by atoms with van der Waals surface area (Å²) in [5.74, 6) is -0.337. The fourth-order valence-electron chi connectivity index (χ4n) is 4.12. The molecule has 1 amide bonds. The van der Waals surface area contributed by atoms with E-state index in [1.165, 1.54) is 12.8 Å². The van der Waals surface area contributed by atoms with Crippen LogP contribution in [-0.4, -0.2) is 41.7 Å². The quantitative estimate of drug-likeness (QED) is 0.577. The fourth-order valence-corrected chi connectivity index (χ4v) is 4.12. The SMILES string of the molecule is N=C(C(=O)N[C@H]1CCCC2CCN2C1)c1cc(-c2ccccc2)ccc1N. The average molecular weight is 362 g/mol. The Morgan fingerprint density at radius 2 is 1.89 bits per heavy atom. The van der Waals surface area contributed by atoms with Crippen LogP contribution in [0.25, 0.3) is 11.1 Å². The summed E-state index contributed by atoms with van der Waals surface area (Å²) in [6.07, 6.45) is 4.60. The number of amides is 1. The highest BCUT2D eigenvalue weighted by Crippen LogP contribution is 2.27. The van der Waals surface area contributed by atoms with Crippen molar-refractivity contribution in [3.05, 3.63) is 54.1 Å². The number of nitrogens with one attached hydrogen (secondary N) is 2. The van der Waals surface area contributed by atoms with Crippen molar-refractivity contribution < 1.29 is 4.79 Å². The van der Waals surface area contributed by atoms with E-state index in [0.29, 0.717) is 17.3 Å². The number of benzene rings is 2. The number of nitrogens with zero attached hydrogens (tertiary/aromatic N) is 1. The van der Waals surface area contributed by atoms with Crippen LogP contribution in [0, 0.1) is 5.41 Å². The predicted octanol–water partition coefficient (Wildman–Crippen LogP) is 3.05. The molecule has 140 valence electrons. The fraction of sp³-hybridized carbons (Fsp3) is 0.364. The van der Waals surface area contributed by atoms with E-state index in [-0.39, 0.29) is 17.7 Å². The highest BCUT2D eigenvalue weighted by Gasteiger charge is 2.33. The van der Waals surface area contributed by atoms with Crippen LogP contribution in [0.2, 0.25) is 0 Å². The Kier molecular flexibility index (Phi) is 4.94. The van der Waals surface area contributed by atoms with Gasteiger partial charge in [-0.15, -0.1) is 0 Å². The highest BCUT2D eigenvalue weighted by atomic mass is 16.1. The lowest BCUT2D eigenvalue weighted by atomic mass is 9.99. The van der Waals surface area contributed by atoms with E-state index < -0.39 is 0 Å². The van der Waals surface area contributed by atoms with Gasteiger partial charge in [-0.1, -0.05) is 36.4 Å². The number of hydrogen-bond donors (Lipinski definition) is 3. The first-order chi connectivity index (χ1) is 13.1. The van der Waals surface area contributed by atoms with Gasteiger partial charge in [0.1, 0.15) is 5.71 Å². The molecule has 2 saturated heterocycles. The summed E-state index contributed by atoms with van der Waals surface area (Å²) < 4.78 is 0. The lowest BCUT2D eigenvalue weighted by molar-refractivity contribution is -0.115. The van der Waals surface area contributed by atoms with Crippen molar-refractivity contribution in [2.45, 2.75) is 37.8 Å². The number of hydrogen-bond acceptors (Lipinski definition) is 4. The number of anilines is 1. The molecule has 5 heteroatoms. The van der Waals surface area contributed by atoms with Gasteiger partial charge in [0, 0.05) is 29.9 Å². The summed E-state index contributed by atoms with van der Waals surface area (Å²) in [5, 5.41) is 11.5. The van der Waals surface area contributed by atoms with Crippen LogP contribution in [0.5, 0.6) is 0 Å². The number of nitrogens with two attached hydrogens (primary N) is 1. The number of carbonyl (C=O) groups excluding carboxylic acids is 1. The van der Waals surface area contributed by atoms with Crippen molar-refractivity contribution in [1.82, 2.24) is 10.2 Å². The molecule has 0 aliphatic carbocycles. The minimum Gasteiger partial charge on any atom is -0.398 e. The Balaban J connectivity index is 1.49. The zero-order chi connectivity index (χ0) is 18.8. The van der Waals surface area contributed by atoms with Gasteiger partial charge in [-0.25, -0.2) is 0 Å². The van der Waals surface area contributed by atoms with Crippen LogP contribution in [0.1, 0.15) is 31.2 Å². The third-order valence-electron chi connectivity index (χ3n) is 5.80. The van der Waals surface area contributed by atoms with E-state index in [1.54, 1.807) is 6.07 Å². The maximum absolute atomic E-state index is 12.7. The van der Waals surface area contributed by atoms with Gasteiger partial charge in [-0.2, -0.15) is 0 Å². The van der Waals surface area contributed by atoms with Crippen molar-refractivity contribution in [3.8, 4) is 11.1 Å². The van der Waals surface area contributed by atoms with Gasteiger partial charge >= 0.3 is 0 Å². The minimum absolute atomic E-state index is 0.0605. The molecule has 2 aromatic rings. The monoisotopic (exact) mass is 362 g/mol. The number of fused-ring (bicyclic) bond motifs is 1. The van der Waals surface area contributed by atoms with Gasteiger partial charge < -0.3 is 11.1 Å². The molecule has 0 spiro atoms. The second-order valence-electron chi connectivity index (χ2n) is 7.58. The topological polar surface area (TPSA) is 82.2 Å². The predicted molar refractivity (Wildman–Crippen MR) is 109 cm³/mol. The maximum atomic E-state index is 12.7. The minimum atomic E-state index is -0.337. The molecule has 2 fully saturated rings. The lowest BCUT2D eigenvalue weighted by Crippen LogP contribution is -2.52. The van der Waals surface area contributed by atoms with Crippen molar-refractivity contribution in [2.75, 3.05) is 18.8 Å². The van der Waals surface area contributed by atoms with E-state index in [2.05, 4.69) is 10.2 Å². The molecule has 4 rings (SSSR count). The van der Waals surface area contributed by atoms with Crippen LogP contribution in [0.3, 0.4) is 0 Å². The van der Waals surface area contributed by atoms with Crippen molar-refractivity contribution in [2.24, 2.45) is 0 Å². The molecular formula is C22H26N4O. The summed E-state index contributed by atoms with van der Waals surface area (Å²) >= 11 is 0. The molecule has 2 atom stereocenters. The average Bonchev–Trinajstić information content (AvgIpc) is 2.81. The van der Waals surface area contributed by atoms with E-state index in [0.717, 1.165) is 37.1 Å². The maximum Gasteiger partial charge on any atom is 0.270 e. The Morgan fingerprint density at radius 1 is 1.07 bits per heavy atom. The molecule has 0 radical (unpaired) electrons. The van der Waals surface area contributed by atoms with Crippen LogP contribution in [0.4, 0.5) is 5.69 Å². The summed E-state index contributed by atoms with van der Waals surface area (Å²) in [6.45, 7) is 2.02.